The molecular formula is C15H20BrN3O2. The van der Waals surface area contributed by atoms with Gasteiger partial charge in [0.1, 0.15) is 0 Å². The van der Waals surface area contributed by atoms with E-state index in [-0.39, 0.29) is 11.9 Å². The molecule has 1 aliphatic heterocycles. The highest BCUT2D eigenvalue weighted by Gasteiger charge is 2.25. The summed E-state index contributed by atoms with van der Waals surface area (Å²) in [4.78, 5) is 29.5. The van der Waals surface area contributed by atoms with Gasteiger partial charge in [0.2, 0.25) is 0 Å². The van der Waals surface area contributed by atoms with Gasteiger partial charge in [-0.15, -0.1) is 0 Å². The molecule has 0 atom stereocenters. The number of amides is 3. The lowest BCUT2D eigenvalue weighted by Crippen LogP contribution is -2.52. The Morgan fingerprint density at radius 2 is 1.67 bits per heavy atom. The zero-order chi connectivity index (χ0) is 15.6. The second-order valence-corrected chi connectivity index (χ2v) is 6.27. The van der Waals surface area contributed by atoms with Gasteiger partial charge in [-0.3, -0.25) is 4.79 Å². The van der Waals surface area contributed by atoms with E-state index in [2.05, 4.69) is 15.9 Å². The summed E-state index contributed by atoms with van der Waals surface area (Å²) in [7, 11) is 3.48. The van der Waals surface area contributed by atoms with Crippen molar-refractivity contribution in [1.29, 1.82) is 0 Å². The van der Waals surface area contributed by atoms with Crippen LogP contribution in [0.3, 0.4) is 0 Å². The van der Waals surface area contributed by atoms with Crippen LogP contribution in [0.4, 0.5) is 4.79 Å². The van der Waals surface area contributed by atoms with Crippen LogP contribution in [-0.2, 0) is 0 Å². The lowest BCUT2D eigenvalue weighted by molar-refractivity contribution is 0.0650. The monoisotopic (exact) mass is 353 g/mol. The smallest absolute Gasteiger partial charge is 0.319 e. The van der Waals surface area contributed by atoms with Crippen molar-refractivity contribution in [3.8, 4) is 0 Å². The lowest BCUT2D eigenvalue weighted by atomic mass is 10.1. The quantitative estimate of drug-likeness (QED) is 0.776. The van der Waals surface area contributed by atoms with E-state index in [9.17, 15) is 9.59 Å². The average Bonchev–Trinajstić information content (AvgIpc) is 2.48. The molecule has 5 nitrogen and oxygen atoms in total. The van der Waals surface area contributed by atoms with Gasteiger partial charge in [-0.2, -0.15) is 0 Å². The largest absolute Gasteiger partial charge is 0.335 e. The summed E-state index contributed by atoms with van der Waals surface area (Å²) in [6, 6.07) is 5.64. The van der Waals surface area contributed by atoms with Crippen LogP contribution in [0.5, 0.6) is 0 Å². The number of carbonyl (C=O) groups excluding carboxylic acids is 2. The molecule has 6 heteroatoms. The Labute approximate surface area is 133 Å². The molecule has 0 unspecified atom stereocenters. The minimum absolute atomic E-state index is 0.000166. The van der Waals surface area contributed by atoms with Crippen molar-refractivity contribution in [1.82, 2.24) is 14.7 Å². The first kappa shape index (κ1) is 15.8. The molecule has 3 amide bonds. The molecule has 1 aliphatic rings. The van der Waals surface area contributed by atoms with E-state index < -0.39 is 0 Å². The van der Waals surface area contributed by atoms with E-state index >= 15 is 0 Å². The maximum atomic E-state index is 12.5. The standard InChI is InChI=1S/C15H20BrN3O2/c1-11-4-5-12(10-13(11)16)14(20)18-6-8-19(9-7-18)15(21)17(2)3/h4-5,10H,6-9H2,1-3H3. The Bertz CT molecular complexity index is 552. The second kappa shape index (κ2) is 6.47. The number of hydrogen-bond donors (Lipinski definition) is 0. The Kier molecular flexibility index (Phi) is 4.88. The summed E-state index contributed by atoms with van der Waals surface area (Å²) < 4.78 is 0.940. The minimum atomic E-state index is 0.000166. The number of piperazine rings is 1. The van der Waals surface area contributed by atoms with E-state index in [0.717, 1.165) is 10.0 Å². The molecular weight excluding hydrogens is 334 g/mol. The normalized spacial score (nSPS) is 15.0. The number of benzene rings is 1. The van der Waals surface area contributed by atoms with Crippen LogP contribution in [0.15, 0.2) is 22.7 Å². The van der Waals surface area contributed by atoms with Crippen LogP contribution in [-0.4, -0.2) is 66.9 Å². The van der Waals surface area contributed by atoms with Gasteiger partial charge in [-0.1, -0.05) is 22.0 Å². The van der Waals surface area contributed by atoms with Gasteiger partial charge >= 0.3 is 6.03 Å². The molecule has 0 spiro atoms. The van der Waals surface area contributed by atoms with E-state index in [0.29, 0.717) is 31.7 Å². The average molecular weight is 354 g/mol. The highest BCUT2D eigenvalue weighted by Crippen LogP contribution is 2.19. The SMILES string of the molecule is Cc1ccc(C(=O)N2CCN(C(=O)N(C)C)CC2)cc1Br. The van der Waals surface area contributed by atoms with E-state index in [1.807, 2.05) is 25.1 Å². The third kappa shape index (κ3) is 3.56. The van der Waals surface area contributed by atoms with Crippen molar-refractivity contribution >= 4 is 27.9 Å². The summed E-state index contributed by atoms with van der Waals surface area (Å²) in [5, 5.41) is 0. The van der Waals surface area contributed by atoms with Crippen molar-refractivity contribution < 1.29 is 9.59 Å². The van der Waals surface area contributed by atoms with Crippen LogP contribution in [0.2, 0.25) is 0 Å². The van der Waals surface area contributed by atoms with E-state index in [1.165, 1.54) is 0 Å². The maximum absolute atomic E-state index is 12.5. The zero-order valence-corrected chi connectivity index (χ0v) is 14.2. The topological polar surface area (TPSA) is 43.9 Å². The van der Waals surface area contributed by atoms with Crippen molar-refractivity contribution in [2.75, 3.05) is 40.3 Å². The fourth-order valence-corrected chi connectivity index (χ4v) is 2.67. The predicted molar refractivity (Wildman–Crippen MR) is 85.4 cm³/mol. The molecule has 1 aromatic rings. The Morgan fingerprint density at radius 1 is 1.10 bits per heavy atom. The summed E-state index contributed by atoms with van der Waals surface area (Å²) in [6.45, 7) is 4.29. The van der Waals surface area contributed by atoms with Crippen molar-refractivity contribution in [3.05, 3.63) is 33.8 Å². The molecule has 1 heterocycles. The number of rotatable bonds is 1. The molecule has 0 N–H and O–H groups in total. The first-order valence-electron chi connectivity index (χ1n) is 6.92. The van der Waals surface area contributed by atoms with Gasteiger partial charge in [-0.05, 0) is 24.6 Å². The number of halogens is 1. The fraction of sp³-hybridized carbons (Fsp3) is 0.467. The molecule has 21 heavy (non-hydrogen) atoms. The summed E-state index contributed by atoms with van der Waals surface area (Å²) >= 11 is 3.45. The second-order valence-electron chi connectivity index (χ2n) is 5.42. The van der Waals surface area contributed by atoms with Crippen LogP contribution in [0, 0.1) is 6.92 Å². The maximum Gasteiger partial charge on any atom is 0.319 e. The van der Waals surface area contributed by atoms with Crippen molar-refractivity contribution in [2.45, 2.75) is 6.92 Å². The first-order valence-corrected chi connectivity index (χ1v) is 7.71. The van der Waals surface area contributed by atoms with Gasteiger partial charge in [0.15, 0.2) is 0 Å². The third-order valence-corrected chi connectivity index (χ3v) is 4.49. The first-order chi connectivity index (χ1) is 9.90. The highest BCUT2D eigenvalue weighted by molar-refractivity contribution is 9.10. The van der Waals surface area contributed by atoms with Gasteiger partial charge in [-0.25, -0.2) is 4.79 Å². The van der Waals surface area contributed by atoms with Crippen LogP contribution >= 0.6 is 15.9 Å². The third-order valence-electron chi connectivity index (χ3n) is 3.64. The zero-order valence-electron chi connectivity index (χ0n) is 12.6. The molecule has 0 aromatic heterocycles. The molecule has 114 valence electrons. The van der Waals surface area contributed by atoms with Gasteiger partial charge in [0.05, 0.1) is 0 Å². The molecule has 2 rings (SSSR count). The van der Waals surface area contributed by atoms with Crippen LogP contribution in [0.1, 0.15) is 15.9 Å². The summed E-state index contributed by atoms with van der Waals surface area (Å²) in [5.41, 5.74) is 1.79. The predicted octanol–water partition coefficient (Wildman–Crippen LogP) is 2.20. The Balaban J connectivity index is 2.00. The molecule has 1 saturated heterocycles. The number of aryl methyl sites for hydroxylation is 1. The molecule has 0 bridgehead atoms. The lowest BCUT2D eigenvalue weighted by Gasteiger charge is -2.36. The summed E-state index contributed by atoms with van der Waals surface area (Å²) in [5.74, 6) is 0.0210. The van der Waals surface area contributed by atoms with Gasteiger partial charge < -0.3 is 14.7 Å². The molecule has 1 aromatic carbocycles. The number of urea groups is 1. The van der Waals surface area contributed by atoms with Crippen molar-refractivity contribution in [2.24, 2.45) is 0 Å². The van der Waals surface area contributed by atoms with E-state index in [4.69, 9.17) is 0 Å². The molecule has 1 fully saturated rings. The van der Waals surface area contributed by atoms with Gasteiger partial charge in [0, 0.05) is 50.3 Å². The van der Waals surface area contributed by atoms with Crippen molar-refractivity contribution in [3.63, 3.8) is 0 Å². The number of nitrogens with zero attached hydrogens (tertiary/aromatic N) is 3. The van der Waals surface area contributed by atoms with Gasteiger partial charge in [0.25, 0.3) is 5.91 Å². The number of carbonyl (C=O) groups is 2. The summed E-state index contributed by atoms with van der Waals surface area (Å²) in [6.07, 6.45) is 0. The molecule has 0 saturated carbocycles. The molecule has 0 radical (unpaired) electrons. The molecule has 0 aliphatic carbocycles. The number of hydrogen-bond acceptors (Lipinski definition) is 2. The minimum Gasteiger partial charge on any atom is -0.335 e. The van der Waals surface area contributed by atoms with Crippen LogP contribution in [0.25, 0.3) is 0 Å². The highest BCUT2D eigenvalue weighted by atomic mass is 79.9. The fourth-order valence-electron chi connectivity index (χ4n) is 2.29. The Morgan fingerprint density at radius 3 is 2.19 bits per heavy atom. The van der Waals surface area contributed by atoms with Crippen LogP contribution < -0.4 is 0 Å². The Hall–Kier alpha value is -1.56. The van der Waals surface area contributed by atoms with E-state index in [1.54, 1.807) is 28.8 Å².